The predicted octanol–water partition coefficient (Wildman–Crippen LogP) is 4.77. The Labute approximate surface area is 120 Å². The number of benzene rings is 1. The van der Waals surface area contributed by atoms with Gasteiger partial charge in [-0.15, -0.1) is 0 Å². The van der Waals surface area contributed by atoms with E-state index in [1.165, 1.54) is 0 Å². The maximum absolute atomic E-state index is 8.62. The number of nitriles is 1. The zero-order valence-electron chi connectivity index (χ0n) is 9.12. The van der Waals surface area contributed by atoms with Gasteiger partial charge in [0.05, 0.1) is 33.3 Å². The van der Waals surface area contributed by atoms with Crippen LogP contribution in [-0.4, -0.2) is 4.98 Å². The van der Waals surface area contributed by atoms with E-state index in [9.17, 15) is 0 Å². The van der Waals surface area contributed by atoms with Crippen molar-refractivity contribution >= 4 is 34.8 Å². The summed E-state index contributed by atoms with van der Waals surface area (Å²) in [4.78, 5) is 4.24. The predicted molar refractivity (Wildman–Crippen MR) is 74.0 cm³/mol. The Bertz CT molecular complexity index is 612. The van der Waals surface area contributed by atoms with Gasteiger partial charge in [0, 0.05) is 11.8 Å². The molecular weight excluding hydrogens is 291 g/mol. The zero-order valence-corrected chi connectivity index (χ0v) is 11.4. The number of nitrogens with zero attached hydrogens (tertiary/aromatic N) is 2. The van der Waals surface area contributed by atoms with Crippen LogP contribution in [0.2, 0.25) is 15.1 Å². The van der Waals surface area contributed by atoms with E-state index in [-0.39, 0.29) is 6.42 Å². The van der Waals surface area contributed by atoms with E-state index in [1.54, 1.807) is 30.5 Å². The lowest BCUT2D eigenvalue weighted by Gasteiger charge is -2.08. The Kier molecular flexibility index (Phi) is 4.08. The van der Waals surface area contributed by atoms with Crippen LogP contribution in [-0.2, 0) is 6.42 Å². The second kappa shape index (κ2) is 5.58. The summed E-state index contributed by atoms with van der Waals surface area (Å²) in [5.41, 5.74) is 1.89. The van der Waals surface area contributed by atoms with Crippen molar-refractivity contribution in [2.45, 2.75) is 6.42 Å². The third-order valence-electron chi connectivity index (χ3n) is 2.38. The summed E-state index contributed by atoms with van der Waals surface area (Å²) < 4.78 is 0. The Balaban J connectivity index is 2.56. The molecule has 0 aliphatic carbocycles. The van der Waals surface area contributed by atoms with Crippen molar-refractivity contribution in [3.8, 4) is 17.3 Å². The highest BCUT2D eigenvalue weighted by atomic mass is 35.5. The van der Waals surface area contributed by atoms with Crippen molar-refractivity contribution in [3.05, 3.63) is 51.1 Å². The second-order valence-electron chi connectivity index (χ2n) is 3.61. The lowest BCUT2D eigenvalue weighted by Crippen LogP contribution is -1.91. The van der Waals surface area contributed by atoms with Crippen LogP contribution in [0.4, 0.5) is 0 Å². The highest BCUT2D eigenvalue weighted by Gasteiger charge is 2.13. The number of rotatable bonds is 2. The fourth-order valence-corrected chi connectivity index (χ4v) is 2.43. The Hall–Kier alpha value is -1.27. The number of hydrogen-bond donors (Lipinski definition) is 0. The summed E-state index contributed by atoms with van der Waals surface area (Å²) in [7, 11) is 0. The Morgan fingerprint density at radius 3 is 2.33 bits per heavy atom. The lowest BCUT2D eigenvalue weighted by atomic mass is 10.1. The zero-order chi connectivity index (χ0) is 13.1. The van der Waals surface area contributed by atoms with Gasteiger partial charge in [0.15, 0.2) is 0 Å². The quantitative estimate of drug-likeness (QED) is 0.800. The van der Waals surface area contributed by atoms with Gasteiger partial charge in [-0.2, -0.15) is 5.26 Å². The highest BCUT2D eigenvalue weighted by molar-refractivity contribution is 6.40. The van der Waals surface area contributed by atoms with Crippen LogP contribution < -0.4 is 0 Å². The first-order valence-electron chi connectivity index (χ1n) is 5.09. The average molecular weight is 298 g/mol. The normalized spacial score (nSPS) is 10.1. The van der Waals surface area contributed by atoms with Gasteiger partial charge >= 0.3 is 0 Å². The molecule has 0 unspecified atom stereocenters. The van der Waals surface area contributed by atoms with Gasteiger partial charge in [-0.3, -0.25) is 4.98 Å². The maximum atomic E-state index is 8.62. The van der Waals surface area contributed by atoms with Crippen LogP contribution in [0.25, 0.3) is 11.3 Å². The van der Waals surface area contributed by atoms with Crippen LogP contribution in [0.15, 0.2) is 30.5 Å². The summed E-state index contributed by atoms with van der Waals surface area (Å²) in [6.45, 7) is 0. The standard InChI is InChI=1S/C13H7Cl3N2/c14-9-2-1-3-10(15)12(9)13-11(16)6-8(4-5-17)7-18-13/h1-3,6-7H,4H2. The van der Waals surface area contributed by atoms with Crippen LogP contribution in [0.5, 0.6) is 0 Å². The van der Waals surface area contributed by atoms with Crippen molar-refractivity contribution in [2.24, 2.45) is 0 Å². The van der Waals surface area contributed by atoms with E-state index >= 15 is 0 Å². The molecule has 0 bridgehead atoms. The molecule has 0 N–H and O–H groups in total. The molecule has 0 spiro atoms. The Morgan fingerprint density at radius 2 is 1.78 bits per heavy atom. The molecular formula is C13H7Cl3N2. The molecule has 0 saturated heterocycles. The molecule has 90 valence electrons. The minimum atomic E-state index is 0.267. The molecule has 0 aliphatic rings. The van der Waals surface area contributed by atoms with Gasteiger partial charge in [0.25, 0.3) is 0 Å². The molecule has 2 nitrogen and oxygen atoms in total. The lowest BCUT2D eigenvalue weighted by molar-refractivity contribution is 1.19. The van der Waals surface area contributed by atoms with E-state index in [4.69, 9.17) is 40.1 Å². The number of halogens is 3. The fourth-order valence-electron chi connectivity index (χ4n) is 1.57. The van der Waals surface area contributed by atoms with E-state index in [0.29, 0.717) is 26.3 Å². The van der Waals surface area contributed by atoms with Crippen molar-refractivity contribution < 1.29 is 0 Å². The van der Waals surface area contributed by atoms with Crippen LogP contribution >= 0.6 is 34.8 Å². The fraction of sp³-hybridized carbons (Fsp3) is 0.0769. The first-order chi connectivity index (χ1) is 8.63. The molecule has 0 aliphatic heterocycles. The first kappa shape index (κ1) is 13.2. The summed E-state index contributed by atoms with van der Waals surface area (Å²) in [6, 6.07) is 8.95. The van der Waals surface area contributed by atoms with E-state index in [1.807, 2.05) is 6.07 Å². The molecule has 18 heavy (non-hydrogen) atoms. The van der Waals surface area contributed by atoms with E-state index in [0.717, 1.165) is 5.56 Å². The van der Waals surface area contributed by atoms with Gasteiger partial charge < -0.3 is 0 Å². The van der Waals surface area contributed by atoms with Crippen molar-refractivity contribution in [1.29, 1.82) is 5.26 Å². The summed E-state index contributed by atoms with van der Waals surface area (Å²) in [6.07, 6.45) is 1.87. The molecule has 5 heteroatoms. The third kappa shape index (κ3) is 2.59. The van der Waals surface area contributed by atoms with Crippen LogP contribution in [0, 0.1) is 11.3 Å². The molecule has 1 aromatic carbocycles. The Morgan fingerprint density at radius 1 is 1.11 bits per heavy atom. The smallest absolute Gasteiger partial charge is 0.0918 e. The maximum Gasteiger partial charge on any atom is 0.0918 e. The number of pyridine rings is 1. The number of hydrogen-bond acceptors (Lipinski definition) is 2. The van der Waals surface area contributed by atoms with Crippen molar-refractivity contribution in [1.82, 2.24) is 4.98 Å². The molecule has 1 heterocycles. The molecule has 0 fully saturated rings. The monoisotopic (exact) mass is 296 g/mol. The SMILES string of the molecule is N#CCc1cnc(-c2c(Cl)cccc2Cl)c(Cl)c1. The number of aromatic nitrogens is 1. The molecule has 2 rings (SSSR count). The minimum absolute atomic E-state index is 0.267. The van der Waals surface area contributed by atoms with Gasteiger partial charge in [-0.05, 0) is 23.8 Å². The largest absolute Gasteiger partial charge is 0.254 e. The first-order valence-corrected chi connectivity index (χ1v) is 6.22. The van der Waals surface area contributed by atoms with Gasteiger partial charge in [-0.25, -0.2) is 0 Å². The van der Waals surface area contributed by atoms with Crippen molar-refractivity contribution in [3.63, 3.8) is 0 Å². The van der Waals surface area contributed by atoms with Gasteiger partial charge in [0.2, 0.25) is 0 Å². The van der Waals surface area contributed by atoms with Crippen molar-refractivity contribution in [2.75, 3.05) is 0 Å². The topological polar surface area (TPSA) is 36.7 Å². The minimum Gasteiger partial charge on any atom is -0.254 e. The molecule has 0 amide bonds. The molecule has 2 aromatic rings. The summed E-state index contributed by atoms with van der Waals surface area (Å²) in [5, 5.41) is 10.0. The molecule has 0 atom stereocenters. The second-order valence-corrected chi connectivity index (χ2v) is 4.83. The molecule has 0 radical (unpaired) electrons. The van der Waals surface area contributed by atoms with E-state index < -0.39 is 0 Å². The van der Waals surface area contributed by atoms with E-state index in [2.05, 4.69) is 4.98 Å². The average Bonchev–Trinajstić information content (AvgIpc) is 2.32. The van der Waals surface area contributed by atoms with Crippen LogP contribution in [0.3, 0.4) is 0 Å². The van der Waals surface area contributed by atoms with Gasteiger partial charge in [-0.1, -0.05) is 40.9 Å². The van der Waals surface area contributed by atoms with Gasteiger partial charge in [0.1, 0.15) is 0 Å². The summed E-state index contributed by atoms with van der Waals surface area (Å²) in [5.74, 6) is 0. The third-order valence-corrected chi connectivity index (χ3v) is 3.30. The molecule has 1 aromatic heterocycles. The van der Waals surface area contributed by atoms with Crippen LogP contribution in [0.1, 0.15) is 5.56 Å². The summed E-state index contributed by atoms with van der Waals surface area (Å²) >= 11 is 18.4. The molecule has 0 saturated carbocycles. The highest BCUT2D eigenvalue weighted by Crippen LogP contribution is 2.37.